The Labute approximate surface area is 330 Å². The highest BCUT2D eigenvalue weighted by atomic mass is 28.4. The molecule has 0 aromatic heterocycles. The minimum absolute atomic E-state index is 0.00846. The molecule has 5 atom stereocenters. The average Bonchev–Trinajstić information content (AvgIpc) is 3.01. The first kappa shape index (κ1) is 46.3. The zero-order chi connectivity index (χ0) is 40.8. The van der Waals surface area contributed by atoms with Crippen molar-refractivity contribution in [1.82, 2.24) is 0 Å². The molecule has 1 aliphatic rings. The van der Waals surface area contributed by atoms with Gasteiger partial charge in [-0.2, -0.15) is 0 Å². The fraction of sp³-hybridized carbons (Fsp3) is 0.674. The van der Waals surface area contributed by atoms with Crippen LogP contribution in [-0.2, 0) is 32.3 Å². The van der Waals surface area contributed by atoms with Crippen LogP contribution in [0.15, 0.2) is 60.7 Å². The number of benzene rings is 2. The lowest BCUT2D eigenvalue weighted by Crippen LogP contribution is -2.66. The second-order valence-electron chi connectivity index (χ2n) is 19.5. The van der Waals surface area contributed by atoms with E-state index in [0.29, 0.717) is 38.7 Å². The van der Waals surface area contributed by atoms with Crippen LogP contribution in [0, 0.1) is 0 Å². The van der Waals surface area contributed by atoms with Crippen molar-refractivity contribution in [2.45, 2.75) is 180 Å². The summed E-state index contributed by atoms with van der Waals surface area (Å²) in [5, 5.41) is 12.1. The van der Waals surface area contributed by atoms with Gasteiger partial charge in [-0.25, -0.2) is 0 Å². The molecule has 1 fully saturated rings. The van der Waals surface area contributed by atoms with Crippen LogP contribution in [-0.4, -0.2) is 79.1 Å². The topological polar surface area (TPSA) is 101 Å². The average molecular weight is 801 g/mol. The predicted octanol–water partition coefficient (Wildman–Crippen LogP) is 9.47. The second-order valence-corrected chi connectivity index (χ2v) is 33.3. The molecule has 0 bridgehead atoms. The number of hydrogen-bond acceptors (Lipinski definition) is 7. The summed E-state index contributed by atoms with van der Waals surface area (Å²) in [6, 6.07) is 21.4. The van der Waals surface area contributed by atoms with Crippen LogP contribution >= 0.6 is 0 Å². The van der Waals surface area contributed by atoms with Crippen LogP contribution < -0.4 is 10.4 Å². The molecule has 1 aliphatic heterocycles. The maximum absolute atomic E-state index is 12.3. The van der Waals surface area contributed by atoms with E-state index in [1.54, 1.807) is 0 Å². The van der Waals surface area contributed by atoms with Gasteiger partial charge in [0, 0.05) is 32.5 Å². The molecular weight excluding hydrogens is 729 g/mol. The summed E-state index contributed by atoms with van der Waals surface area (Å²) in [4.78, 5) is 24.3. The van der Waals surface area contributed by atoms with Gasteiger partial charge in [-0.05, 0) is 70.9 Å². The SMILES string of the molecule is CC(=O)O[C@@H]1C[C@H](C[C@H](CCO[Si](c2ccccc2)(c2ccccc2)C(C)(C)C)O[Si](C)(C)C(C)(C)C)O[C@H](C[C@H](CC(=O)O)O[Si](C)(C)C(C)(C)C)C1. The highest BCUT2D eigenvalue weighted by Crippen LogP contribution is 2.41. The Bertz CT molecular complexity index is 1440. The normalized spacial score (nSPS) is 20.3. The van der Waals surface area contributed by atoms with Gasteiger partial charge >= 0.3 is 11.9 Å². The Balaban J connectivity index is 1.95. The van der Waals surface area contributed by atoms with Crippen LogP contribution in [0.2, 0.25) is 41.3 Å². The van der Waals surface area contributed by atoms with Gasteiger partial charge in [0.1, 0.15) is 6.10 Å². The van der Waals surface area contributed by atoms with Gasteiger partial charge in [0.25, 0.3) is 8.32 Å². The summed E-state index contributed by atoms with van der Waals surface area (Å²) in [6.07, 6.45) is 1.04. The minimum Gasteiger partial charge on any atom is -0.481 e. The number of carboxylic acids is 1. The Morgan fingerprint density at radius 2 is 1.15 bits per heavy atom. The maximum atomic E-state index is 12.3. The van der Waals surface area contributed by atoms with Crippen molar-refractivity contribution in [2.24, 2.45) is 0 Å². The molecule has 8 nitrogen and oxygen atoms in total. The molecule has 0 radical (unpaired) electrons. The molecule has 0 amide bonds. The third-order valence-electron chi connectivity index (χ3n) is 11.9. The molecule has 304 valence electrons. The lowest BCUT2D eigenvalue weighted by atomic mass is 9.93. The first-order valence-electron chi connectivity index (χ1n) is 19.9. The van der Waals surface area contributed by atoms with E-state index in [0.717, 1.165) is 0 Å². The molecule has 54 heavy (non-hydrogen) atoms. The fourth-order valence-electron chi connectivity index (χ4n) is 7.17. The standard InChI is InChI=1S/C43H72O8Si3/c1-32(44)48-34-28-35(49-36(29-34)30-37(31-40(45)46)51-53(13,14)42(5,6)7)27-33(50-52(11,12)41(2,3)4)25-26-47-54(43(8,9)10,38-21-17-15-18-22-38)39-23-19-16-20-24-39/h15-24,33-37H,25-31H2,1-14H3,(H,45,46)/t33-,34+,35-,36-,37+/m0/s1. The monoisotopic (exact) mass is 800 g/mol. The summed E-state index contributed by atoms with van der Waals surface area (Å²) in [6.45, 7) is 30.9. The number of hydrogen-bond donors (Lipinski definition) is 1. The third kappa shape index (κ3) is 12.4. The molecule has 3 rings (SSSR count). The Kier molecular flexibility index (Phi) is 15.8. The van der Waals surface area contributed by atoms with Gasteiger partial charge in [-0.3, -0.25) is 9.59 Å². The Morgan fingerprint density at radius 1 is 0.722 bits per heavy atom. The molecule has 1 N–H and O–H groups in total. The van der Waals surface area contributed by atoms with Crippen molar-refractivity contribution in [3.8, 4) is 0 Å². The number of esters is 1. The molecule has 0 unspecified atom stereocenters. The van der Waals surface area contributed by atoms with E-state index in [2.05, 4.69) is 149 Å². The van der Waals surface area contributed by atoms with Crippen LogP contribution in [0.25, 0.3) is 0 Å². The van der Waals surface area contributed by atoms with Crippen LogP contribution in [0.1, 0.15) is 108 Å². The highest BCUT2D eigenvalue weighted by molar-refractivity contribution is 6.99. The maximum Gasteiger partial charge on any atom is 0.305 e. The first-order chi connectivity index (χ1) is 24.8. The van der Waals surface area contributed by atoms with E-state index >= 15 is 0 Å². The summed E-state index contributed by atoms with van der Waals surface area (Å²) >= 11 is 0. The van der Waals surface area contributed by atoms with Gasteiger partial charge in [0.05, 0.1) is 24.7 Å². The quantitative estimate of drug-likeness (QED) is 0.125. The van der Waals surface area contributed by atoms with E-state index in [4.69, 9.17) is 22.8 Å². The zero-order valence-corrected chi connectivity index (χ0v) is 38.9. The van der Waals surface area contributed by atoms with Crippen molar-refractivity contribution in [3.05, 3.63) is 60.7 Å². The van der Waals surface area contributed by atoms with Crippen molar-refractivity contribution in [2.75, 3.05) is 6.61 Å². The largest absolute Gasteiger partial charge is 0.481 e. The molecule has 2 aromatic carbocycles. The number of aliphatic carboxylic acids is 1. The number of carbonyl (C=O) groups excluding carboxylic acids is 1. The molecule has 0 saturated carbocycles. The van der Waals surface area contributed by atoms with Crippen molar-refractivity contribution < 1.29 is 37.4 Å². The predicted molar refractivity (Wildman–Crippen MR) is 227 cm³/mol. The Hall–Kier alpha value is -2.13. The van der Waals surface area contributed by atoms with Crippen molar-refractivity contribution >= 4 is 47.3 Å². The smallest absolute Gasteiger partial charge is 0.305 e. The van der Waals surface area contributed by atoms with Gasteiger partial charge in [-0.15, -0.1) is 0 Å². The lowest BCUT2D eigenvalue weighted by molar-refractivity contribution is -0.163. The highest BCUT2D eigenvalue weighted by Gasteiger charge is 2.50. The summed E-state index contributed by atoms with van der Waals surface area (Å²) in [5.74, 6) is -1.22. The summed E-state index contributed by atoms with van der Waals surface area (Å²) in [7, 11) is -7.26. The van der Waals surface area contributed by atoms with Crippen LogP contribution in [0.5, 0.6) is 0 Å². The van der Waals surface area contributed by atoms with Crippen molar-refractivity contribution in [1.29, 1.82) is 0 Å². The van der Waals surface area contributed by atoms with E-state index in [1.165, 1.54) is 17.3 Å². The van der Waals surface area contributed by atoms with E-state index in [1.807, 2.05) is 0 Å². The molecule has 0 spiro atoms. The van der Waals surface area contributed by atoms with E-state index in [-0.39, 0.29) is 51.9 Å². The van der Waals surface area contributed by atoms with E-state index in [9.17, 15) is 14.7 Å². The summed E-state index contributed by atoms with van der Waals surface area (Å²) in [5.41, 5.74) is 0. The zero-order valence-electron chi connectivity index (χ0n) is 35.9. The van der Waals surface area contributed by atoms with Crippen LogP contribution in [0.4, 0.5) is 0 Å². The number of carboxylic acid groups (broad SMARTS) is 1. The van der Waals surface area contributed by atoms with Gasteiger partial charge in [0.15, 0.2) is 16.6 Å². The van der Waals surface area contributed by atoms with Gasteiger partial charge in [-0.1, -0.05) is 123 Å². The molecule has 1 saturated heterocycles. The fourth-order valence-corrected chi connectivity index (χ4v) is 14.5. The second kappa shape index (κ2) is 18.4. The lowest BCUT2D eigenvalue weighted by Gasteiger charge is -2.44. The van der Waals surface area contributed by atoms with Gasteiger partial charge in [0.2, 0.25) is 0 Å². The number of ether oxygens (including phenoxy) is 2. The number of rotatable bonds is 17. The van der Waals surface area contributed by atoms with Crippen molar-refractivity contribution in [3.63, 3.8) is 0 Å². The molecule has 11 heteroatoms. The summed E-state index contributed by atoms with van der Waals surface area (Å²) < 4.78 is 33.9. The van der Waals surface area contributed by atoms with Gasteiger partial charge < -0.3 is 27.9 Å². The molecular formula is C43H72O8Si3. The first-order valence-corrected chi connectivity index (χ1v) is 27.6. The van der Waals surface area contributed by atoms with E-state index < -0.39 is 37.0 Å². The minimum atomic E-state index is -2.76. The molecule has 1 heterocycles. The van der Waals surface area contributed by atoms with Crippen LogP contribution in [0.3, 0.4) is 0 Å². The molecule has 0 aliphatic carbocycles. The molecule has 2 aromatic rings. The number of carbonyl (C=O) groups is 2. The Morgan fingerprint density at radius 3 is 1.54 bits per heavy atom. The third-order valence-corrected chi connectivity index (χ3v) is 26.0.